The van der Waals surface area contributed by atoms with Crippen LogP contribution in [0.3, 0.4) is 0 Å². The highest BCUT2D eigenvalue weighted by atomic mass is 16.6. The molecule has 1 aliphatic heterocycles. The quantitative estimate of drug-likeness (QED) is 0.514. The van der Waals surface area contributed by atoms with Crippen LogP contribution in [0.1, 0.15) is 37.0 Å². The van der Waals surface area contributed by atoms with Crippen LogP contribution in [0.2, 0.25) is 0 Å². The van der Waals surface area contributed by atoms with E-state index in [4.69, 9.17) is 9.47 Å². The number of benzene rings is 2. The number of aromatic amines is 1. The van der Waals surface area contributed by atoms with Gasteiger partial charge >= 0.3 is 6.09 Å². The lowest BCUT2D eigenvalue weighted by molar-refractivity contribution is 0.0787. The van der Waals surface area contributed by atoms with E-state index in [1.54, 1.807) is 38.1 Å². The fourth-order valence-corrected chi connectivity index (χ4v) is 3.78. The molecular formula is C24H27N3O5. The van der Waals surface area contributed by atoms with E-state index < -0.39 is 11.6 Å². The molecule has 3 aromatic rings. The van der Waals surface area contributed by atoms with Crippen LogP contribution in [-0.4, -0.2) is 48.4 Å². The van der Waals surface area contributed by atoms with Crippen molar-refractivity contribution in [2.75, 3.05) is 19.8 Å². The number of alkyl carbamates (subject to hydrolysis) is 1. The first-order chi connectivity index (χ1) is 15.3. The minimum Gasteiger partial charge on any atom is -0.447 e. The number of carbonyl (C=O) groups is 2. The van der Waals surface area contributed by atoms with E-state index in [0.29, 0.717) is 33.9 Å². The number of pyridine rings is 1. The zero-order valence-electron chi connectivity index (χ0n) is 18.2. The van der Waals surface area contributed by atoms with Gasteiger partial charge in [0.25, 0.3) is 5.91 Å². The Morgan fingerprint density at radius 3 is 2.72 bits per heavy atom. The molecule has 2 heterocycles. The molecule has 2 aromatic carbocycles. The molecule has 0 bridgehead atoms. The Morgan fingerprint density at radius 2 is 1.94 bits per heavy atom. The fraction of sp³-hybridized carbons (Fsp3) is 0.375. The van der Waals surface area contributed by atoms with Gasteiger partial charge in [-0.3, -0.25) is 9.59 Å². The number of H-pyrrole nitrogens is 1. The molecule has 2 amide bonds. The highest BCUT2D eigenvalue weighted by Gasteiger charge is 2.24. The monoisotopic (exact) mass is 437 g/mol. The van der Waals surface area contributed by atoms with E-state index in [-0.39, 0.29) is 24.0 Å². The summed E-state index contributed by atoms with van der Waals surface area (Å²) in [6, 6.07) is 12.2. The maximum absolute atomic E-state index is 12.8. The molecule has 168 valence electrons. The van der Waals surface area contributed by atoms with Gasteiger partial charge in [-0.05, 0) is 57.0 Å². The number of amides is 2. The minimum atomic E-state index is -0.788. The molecule has 8 heteroatoms. The highest BCUT2D eigenvalue weighted by Crippen LogP contribution is 2.17. The third-order valence-corrected chi connectivity index (χ3v) is 5.48. The zero-order valence-corrected chi connectivity index (χ0v) is 18.2. The summed E-state index contributed by atoms with van der Waals surface area (Å²) in [6.07, 6.45) is 1.42. The molecule has 0 radical (unpaired) electrons. The maximum Gasteiger partial charge on any atom is 0.407 e. The largest absolute Gasteiger partial charge is 0.447 e. The van der Waals surface area contributed by atoms with Crippen molar-refractivity contribution in [3.63, 3.8) is 0 Å². The van der Waals surface area contributed by atoms with Gasteiger partial charge in [0.15, 0.2) is 5.43 Å². The third kappa shape index (κ3) is 4.91. The molecule has 1 saturated heterocycles. The van der Waals surface area contributed by atoms with Gasteiger partial charge in [-0.2, -0.15) is 0 Å². The SMILES string of the molecule is CC(C)(COC(=O)NCC1CCCO1)NC(=O)c1ccc2c(=O)c3ccccc3[nH]c2c1. The van der Waals surface area contributed by atoms with Crippen LogP contribution in [0.15, 0.2) is 47.3 Å². The first-order valence-electron chi connectivity index (χ1n) is 10.7. The second-order valence-corrected chi connectivity index (χ2v) is 8.69. The summed E-state index contributed by atoms with van der Waals surface area (Å²) in [7, 11) is 0. The van der Waals surface area contributed by atoms with Crippen molar-refractivity contribution in [2.24, 2.45) is 0 Å². The molecule has 1 atom stereocenters. The molecule has 3 N–H and O–H groups in total. The lowest BCUT2D eigenvalue weighted by Gasteiger charge is -2.26. The van der Waals surface area contributed by atoms with Crippen LogP contribution in [0.4, 0.5) is 4.79 Å². The Kier molecular flexibility index (Phi) is 6.14. The Bertz CT molecular complexity index is 1210. The number of carbonyl (C=O) groups excluding carboxylic acids is 2. The molecule has 1 unspecified atom stereocenters. The van der Waals surface area contributed by atoms with E-state index in [2.05, 4.69) is 15.6 Å². The van der Waals surface area contributed by atoms with Gasteiger partial charge in [0.05, 0.1) is 17.2 Å². The van der Waals surface area contributed by atoms with Crippen LogP contribution in [0.25, 0.3) is 21.8 Å². The zero-order chi connectivity index (χ0) is 22.7. The van der Waals surface area contributed by atoms with Crippen LogP contribution in [0, 0.1) is 0 Å². The molecule has 32 heavy (non-hydrogen) atoms. The molecule has 0 aliphatic carbocycles. The summed E-state index contributed by atoms with van der Waals surface area (Å²) in [5, 5.41) is 6.69. The number of nitrogens with one attached hydrogen (secondary N) is 3. The van der Waals surface area contributed by atoms with Crippen molar-refractivity contribution < 1.29 is 19.1 Å². The summed E-state index contributed by atoms with van der Waals surface area (Å²) >= 11 is 0. The molecule has 0 spiro atoms. The van der Waals surface area contributed by atoms with Gasteiger partial charge in [-0.15, -0.1) is 0 Å². The summed E-state index contributed by atoms with van der Waals surface area (Å²) in [5.41, 5.74) is 0.835. The van der Waals surface area contributed by atoms with Gasteiger partial charge < -0.3 is 25.1 Å². The van der Waals surface area contributed by atoms with E-state index in [1.165, 1.54) is 0 Å². The number of rotatable bonds is 6. The van der Waals surface area contributed by atoms with Gasteiger partial charge in [0.1, 0.15) is 6.61 Å². The van der Waals surface area contributed by atoms with Crippen molar-refractivity contribution in [2.45, 2.75) is 38.3 Å². The lowest BCUT2D eigenvalue weighted by Crippen LogP contribution is -2.48. The molecule has 1 aliphatic rings. The summed E-state index contributed by atoms with van der Waals surface area (Å²) in [4.78, 5) is 40.7. The summed E-state index contributed by atoms with van der Waals surface area (Å²) in [5.74, 6) is -0.325. The first-order valence-corrected chi connectivity index (χ1v) is 10.7. The van der Waals surface area contributed by atoms with Gasteiger partial charge in [0.2, 0.25) is 0 Å². The van der Waals surface area contributed by atoms with Crippen LogP contribution in [0.5, 0.6) is 0 Å². The summed E-state index contributed by atoms with van der Waals surface area (Å²) in [6.45, 7) is 4.68. The average Bonchev–Trinajstić information content (AvgIpc) is 3.30. The standard InChI is InChI=1S/C24H27N3O5/c1-24(2,14-32-23(30)25-13-16-6-5-11-31-16)27-22(29)15-9-10-18-20(12-15)26-19-8-4-3-7-17(19)21(18)28/h3-4,7-10,12,16H,5-6,11,13-14H2,1-2H3,(H,25,30)(H,26,28)(H,27,29). The van der Waals surface area contributed by atoms with Crippen LogP contribution < -0.4 is 16.1 Å². The van der Waals surface area contributed by atoms with Crippen molar-refractivity contribution in [3.05, 3.63) is 58.3 Å². The number of fused-ring (bicyclic) bond motifs is 2. The van der Waals surface area contributed by atoms with E-state index in [1.807, 2.05) is 18.2 Å². The van der Waals surface area contributed by atoms with E-state index in [9.17, 15) is 14.4 Å². The number of aromatic nitrogens is 1. The molecule has 8 nitrogen and oxygen atoms in total. The predicted octanol–water partition coefficient (Wildman–Crippen LogP) is 3.09. The average molecular weight is 437 g/mol. The third-order valence-electron chi connectivity index (χ3n) is 5.48. The Labute approximate surface area is 185 Å². The Balaban J connectivity index is 1.40. The maximum atomic E-state index is 12.8. The van der Waals surface area contributed by atoms with Gasteiger partial charge in [0, 0.05) is 35.0 Å². The number of hydrogen-bond donors (Lipinski definition) is 3. The highest BCUT2D eigenvalue weighted by molar-refractivity contribution is 6.00. The number of para-hydroxylation sites is 1. The van der Waals surface area contributed by atoms with E-state index in [0.717, 1.165) is 19.4 Å². The molecule has 1 aromatic heterocycles. The van der Waals surface area contributed by atoms with Crippen molar-refractivity contribution in [1.82, 2.24) is 15.6 Å². The molecule has 1 fully saturated rings. The second-order valence-electron chi connectivity index (χ2n) is 8.69. The normalized spacial score (nSPS) is 16.2. The molecular weight excluding hydrogens is 410 g/mol. The van der Waals surface area contributed by atoms with E-state index >= 15 is 0 Å². The predicted molar refractivity (Wildman–Crippen MR) is 122 cm³/mol. The Hall–Kier alpha value is -3.39. The second kappa shape index (κ2) is 9.00. The van der Waals surface area contributed by atoms with Crippen LogP contribution >= 0.6 is 0 Å². The van der Waals surface area contributed by atoms with Crippen LogP contribution in [-0.2, 0) is 9.47 Å². The van der Waals surface area contributed by atoms with Gasteiger partial charge in [-0.25, -0.2) is 4.79 Å². The smallest absolute Gasteiger partial charge is 0.407 e. The number of hydrogen-bond acceptors (Lipinski definition) is 5. The lowest BCUT2D eigenvalue weighted by atomic mass is 10.0. The Morgan fingerprint density at radius 1 is 1.16 bits per heavy atom. The summed E-state index contributed by atoms with van der Waals surface area (Å²) < 4.78 is 10.7. The fourth-order valence-electron chi connectivity index (χ4n) is 3.78. The topological polar surface area (TPSA) is 110 Å². The van der Waals surface area contributed by atoms with Crippen molar-refractivity contribution >= 4 is 33.8 Å². The number of ether oxygens (including phenoxy) is 2. The minimum absolute atomic E-state index is 0.00511. The van der Waals surface area contributed by atoms with Gasteiger partial charge in [-0.1, -0.05) is 12.1 Å². The van der Waals surface area contributed by atoms with Crippen molar-refractivity contribution in [1.29, 1.82) is 0 Å². The first kappa shape index (κ1) is 21.8. The molecule has 4 rings (SSSR count). The van der Waals surface area contributed by atoms with Crippen molar-refractivity contribution in [3.8, 4) is 0 Å². The molecule has 0 saturated carbocycles.